The van der Waals surface area contributed by atoms with Gasteiger partial charge in [0.1, 0.15) is 19.2 Å². The van der Waals surface area contributed by atoms with Crippen LogP contribution in [0.15, 0.2) is 36.4 Å². The maximum absolute atomic E-state index is 11.9. The molecule has 0 fully saturated rings. The monoisotopic (exact) mass is 434 g/mol. The number of carbonyl (C=O) groups is 1. The molecule has 32 heavy (non-hydrogen) atoms. The zero-order valence-corrected chi connectivity index (χ0v) is 19.3. The molecule has 4 rings (SSSR count). The Morgan fingerprint density at radius 2 is 1.59 bits per heavy atom. The van der Waals surface area contributed by atoms with Crippen molar-refractivity contribution in [1.82, 2.24) is 24.5 Å². The molecule has 0 aliphatic rings. The number of anilines is 1. The average molecular weight is 435 g/mol. The first-order valence-corrected chi connectivity index (χ1v) is 10.8. The molecule has 1 aromatic carbocycles. The van der Waals surface area contributed by atoms with Crippen LogP contribution < -0.4 is 4.90 Å². The van der Waals surface area contributed by atoms with Crippen molar-refractivity contribution in [2.24, 2.45) is 0 Å². The van der Waals surface area contributed by atoms with Gasteiger partial charge in [-0.15, -0.1) is 0 Å². The highest BCUT2D eigenvalue weighted by Crippen LogP contribution is 2.31. The molecule has 0 amide bonds. The number of aryl methyl sites for hydroxylation is 5. The maximum Gasteiger partial charge on any atom is 0.305 e. The van der Waals surface area contributed by atoms with Crippen LogP contribution in [0.25, 0.3) is 10.9 Å². The number of esters is 1. The fourth-order valence-electron chi connectivity index (χ4n) is 4.18. The first-order chi connectivity index (χ1) is 15.4. The normalized spacial score (nSPS) is 11.3. The van der Waals surface area contributed by atoms with E-state index >= 15 is 0 Å². The van der Waals surface area contributed by atoms with Gasteiger partial charge in [-0.2, -0.15) is 10.2 Å². The molecule has 0 aliphatic carbocycles. The summed E-state index contributed by atoms with van der Waals surface area (Å²) >= 11 is 0. The number of nitrogens with zero attached hydrogens (tertiary/aromatic N) is 5. The number of carbonyl (C=O) groups excluding carboxylic acids is 1. The molecule has 0 aliphatic heterocycles. The molecule has 0 saturated carbocycles. The summed E-state index contributed by atoms with van der Waals surface area (Å²) in [6, 6.07) is 12.3. The quantitative estimate of drug-likeness (QED) is 0.424. The van der Waals surface area contributed by atoms with Gasteiger partial charge >= 0.3 is 5.97 Å². The Labute approximate surface area is 187 Å². The number of benzene rings is 1. The Bertz CT molecular complexity index is 1200. The third-order valence-electron chi connectivity index (χ3n) is 5.73. The number of hydrogen-bond acceptors (Lipinski definition) is 5. The van der Waals surface area contributed by atoms with E-state index < -0.39 is 0 Å². The van der Waals surface area contributed by atoms with Crippen molar-refractivity contribution in [3.8, 4) is 0 Å². The molecule has 0 saturated heterocycles. The van der Waals surface area contributed by atoms with Crippen molar-refractivity contribution in [2.45, 2.75) is 53.9 Å². The largest absolute Gasteiger partial charge is 0.469 e. The van der Waals surface area contributed by atoms with Crippen LogP contribution in [0.4, 0.5) is 5.82 Å². The highest BCUT2D eigenvalue weighted by atomic mass is 16.5. The third-order valence-corrected chi connectivity index (χ3v) is 5.73. The lowest BCUT2D eigenvalue weighted by Crippen LogP contribution is -2.31. The number of methoxy groups -OCH3 is 1. The van der Waals surface area contributed by atoms with E-state index in [2.05, 4.69) is 58.2 Å². The van der Waals surface area contributed by atoms with Crippen molar-refractivity contribution in [1.29, 1.82) is 0 Å². The lowest BCUT2D eigenvalue weighted by molar-refractivity contribution is -0.140. The van der Waals surface area contributed by atoms with Crippen LogP contribution in [0, 0.1) is 27.7 Å². The van der Waals surface area contributed by atoms with Crippen molar-refractivity contribution >= 4 is 22.7 Å². The Hall–Kier alpha value is -3.55. The number of aromatic amines is 1. The molecule has 3 aromatic heterocycles. The minimum atomic E-state index is -0.218. The van der Waals surface area contributed by atoms with E-state index in [1.807, 2.05) is 35.3 Å². The maximum atomic E-state index is 11.9. The van der Waals surface area contributed by atoms with Crippen molar-refractivity contribution in [3.63, 3.8) is 0 Å². The van der Waals surface area contributed by atoms with E-state index in [0.29, 0.717) is 26.2 Å². The number of aromatic nitrogens is 5. The topological polar surface area (TPSA) is 81.0 Å². The fraction of sp³-hybridized carbons (Fsp3) is 0.375. The van der Waals surface area contributed by atoms with Crippen LogP contribution in [0.1, 0.15) is 34.8 Å². The van der Waals surface area contributed by atoms with E-state index in [1.165, 1.54) is 7.11 Å². The predicted octanol–water partition coefficient (Wildman–Crippen LogP) is 4.02. The van der Waals surface area contributed by atoms with E-state index in [-0.39, 0.29) is 5.97 Å². The summed E-state index contributed by atoms with van der Waals surface area (Å²) < 4.78 is 8.89. The Balaban J connectivity index is 1.79. The van der Waals surface area contributed by atoms with E-state index in [9.17, 15) is 4.79 Å². The lowest BCUT2D eigenvalue weighted by Gasteiger charge is -2.26. The van der Waals surface area contributed by atoms with Crippen molar-refractivity contribution < 1.29 is 9.53 Å². The molecule has 0 bridgehead atoms. The van der Waals surface area contributed by atoms with Crippen LogP contribution in [0.2, 0.25) is 0 Å². The third kappa shape index (κ3) is 4.39. The van der Waals surface area contributed by atoms with Crippen LogP contribution in [-0.2, 0) is 29.3 Å². The minimum Gasteiger partial charge on any atom is -0.469 e. The van der Waals surface area contributed by atoms with E-state index in [4.69, 9.17) is 4.74 Å². The van der Waals surface area contributed by atoms with Gasteiger partial charge in [-0.1, -0.05) is 18.2 Å². The van der Waals surface area contributed by atoms with Gasteiger partial charge in [-0.3, -0.25) is 4.79 Å². The number of nitrogens with one attached hydrogen (secondary N) is 1. The summed E-state index contributed by atoms with van der Waals surface area (Å²) in [6.45, 7) is 9.22. The summed E-state index contributed by atoms with van der Waals surface area (Å²) in [6.07, 6.45) is 0.899. The molecule has 0 unspecified atom stereocenters. The fourth-order valence-corrected chi connectivity index (χ4v) is 4.18. The van der Waals surface area contributed by atoms with E-state index in [1.54, 1.807) is 0 Å². The zero-order valence-electron chi connectivity index (χ0n) is 19.3. The summed E-state index contributed by atoms with van der Waals surface area (Å²) in [4.78, 5) is 17.7. The van der Waals surface area contributed by atoms with Gasteiger partial charge < -0.3 is 14.6 Å². The number of ether oxygens (including phenoxy) is 1. The molecule has 0 atom stereocenters. The number of para-hydroxylation sites is 1. The van der Waals surface area contributed by atoms with Crippen LogP contribution >= 0.6 is 0 Å². The lowest BCUT2D eigenvalue weighted by atomic mass is 10.1. The van der Waals surface area contributed by atoms with Gasteiger partial charge in [0.15, 0.2) is 0 Å². The van der Waals surface area contributed by atoms with Gasteiger partial charge in [0.25, 0.3) is 0 Å². The molecule has 0 spiro atoms. The second-order valence-corrected chi connectivity index (χ2v) is 8.25. The number of fused-ring (bicyclic) bond motifs is 1. The Morgan fingerprint density at radius 1 is 1.00 bits per heavy atom. The highest BCUT2D eigenvalue weighted by Gasteiger charge is 2.21. The molecular formula is C24H30N6O2. The highest BCUT2D eigenvalue weighted by molar-refractivity contribution is 5.89. The standard InChI is InChI=1S/C24H30N6O2/c1-16-12-18(3)29(26-16)14-28(15-30-19(4)13-17(2)27-30)24-21(10-11-23(31)32-5)20-8-6-7-9-22(20)25-24/h6-9,12-13,25H,10-11,14-15H2,1-5H3. The molecule has 8 nitrogen and oxygen atoms in total. The molecule has 1 N–H and O–H groups in total. The SMILES string of the molecule is COC(=O)CCc1c(N(Cn2nc(C)cc2C)Cn2nc(C)cc2C)[nH]c2ccccc12. The smallest absolute Gasteiger partial charge is 0.305 e. The molecule has 8 heteroatoms. The molecule has 0 radical (unpaired) electrons. The number of rotatable bonds is 8. The van der Waals surface area contributed by atoms with Crippen molar-refractivity contribution in [2.75, 3.05) is 12.0 Å². The minimum absolute atomic E-state index is 0.218. The number of hydrogen-bond donors (Lipinski definition) is 1. The zero-order chi connectivity index (χ0) is 22.8. The molecule has 168 valence electrons. The summed E-state index contributed by atoms with van der Waals surface area (Å²) in [5.74, 6) is 0.750. The van der Waals surface area contributed by atoms with Gasteiger partial charge in [0, 0.05) is 34.3 Å². The van der Waals surface area contributed by atoms with Crippen molar-refractivity contribution in [3.05, 3.63) is 64.7 Å². The number of H-pyrrole nitrogens is 1. The van der Waals surface area contributed by atoms with Crippen LogP contribution in [0.5, 0.6) is 0 Å². The van der Waals surface area contributed by atoms with Crippen LogP contribution in [-0.4, -0.2) is 37.6 Å². The first kappa shape index (κ1) is 21.7. The Morgan fingerprint density at radius 3 is 2.12 bits per heavy atom. The van der Waals surface area contributed by atoms with Crippen LogP contribution in [0.3, 0.4) is 0 Å². The summed E-state index contributed by atoms with van der Waals surface area (Å²) in [5, 5.41) is 10.5. The second kappa shape index (κ2) is 8.90. The molecule has 4 aromatic rings. The first-order valence-electron chi connectivity index (χ1n) is 10.8. The predicted molar refractivity (Wildman–Crippen MR) is 125 cm³/mol. The summed E-state index contributed by atoms with van der Waals surface area (Å²) in [7, 11) is 1.43. The summed E-state index contributed by atoms with van der Waals surface area (Å²) in [5.41, 5.74) is 6.27. The van der Waals surface area contributed by atoms with Gasteiger partial charge in [-0.05, 0) is 52.3 Å². The van der Waals surface area contributed by atoms with Gasteiger partial charge in [0.05, 0.1) is 18.5 Å². The van der Waals surface area contributed by atoms with E-state index in [0.717, 1.165) is 45.1 Å². The molecule has 3 heterocycles. The second-order valence-electron chi connectivity index (χ2n) is 8.25. The van der Waals surface area contributed by atoms with Gasteiger partial charge in [-0.25, -0.2) is 9.36 Å². The Kier molecular flexibility index (Phi) is 6.03. The van der Waals surface area contributed by atoms with Gasteiger partial charge in [0.2, 0.25) is 0 Å². The average Bonchev–Trinajstić information content (AvgIpc) is 3.39. The molecular weight excluding hydrogens is 404 g/mol.